The first-order valence-electron chi connectivity index (χ1n) is 9.68. The van der Waals surface area contributed by atoms with Crippen molar-refractivity contribution in [2.24, 2.45) is 0 Å². The largest absolute Gasteiger partial charge is 0.492 e. The maximum atomic E-state index is 12.4. The van der Waals surface area contributed by atoms with E-state index in [2.05, 4.69) is 41.5 Å². The minimum absolute atomic E-state index is 0.0203. The lowest BCUT2D eigenvalue weighted by atomic mass is 10.0. The summed E-state index contributed by atoms with van der Waals surface area (Å²) in [5, 5.41) is 3.01. The van der Waals surface area contributed by atoms with E-state index in [1.54, 1.807) is 6.20 Å². The summed E-state index contributed by atoms with van der Waals surface area (Å²) in [7, 11) is 0. The van der Waals surface area contributed by atoms with Gasteiger partial charge in [0.2, 0.25) is 5.91 Å². The van der Waals surface area contributed by atoms with Gasteiger partial charge in [-0.1, -0.05) is 61.5 Å². The Bertz CT molecular complexity index is 875. The first kappa shape index (κ1) is 19.6. The summed E-state index contributed by atoms with van der Waals surface area (Å²) in [5.41, 5.74) is 4.12. The average molecular weight is 374 g/mol. The smallest absolute Gasteiger partial charge is 0.224 e. The molecular weight excluding hydrogens is 348 g/mol. The second-order valence-electron chi connectivity index (χ2n) is 6.80. The van der Waals surface area contributed by atoms with Gasteiger partial charge in [-0.15, -0.1) is 0 Å². The van der Waals surface area contributed by atoms with E-state index < -0.39 is 0 Å². The Morgan fingerprint density at radius 1 is 1.00 bits per heavy atom. The van der Waals surface area contributed by atoms with E-state index in [4.69, 9.17) is 4.74 Å². The van der Waals surface area contributed by atoms with E-state index in [9.17, 15) is 4.79 Å². The fourth-order valence-corrected chi connectivity index (χ4v) is 2.95. The molecule has 3 aromatic rings. The molecule has 1 amide bonds. The zero-order valence-electron chi connectivity index (χ0n) is 16.4. The van der Waals surface area contributed by atoms with Crippen LogP contribution in [0.15, 0.2) is 72.9 Å². The molecule has 0 radical (unpaired) electrons. The van der Waals surface area contributed by atoms with Crippen LogP contribution >= 0.6 is 0 Å². The zero-order chi connectivity index (χ0) is 19.8. The number of carbonyl (C=O) groups excluding carboxylic acids is 1. The minimum Gasteiger partial charge on any atom is -0.492 e. The van der Waals surface area contributed by atoms with Crippen LogP contribution in [0, 0.1) is 0 Å². The molecule has 1 aromatic heterocycles. The van der Waals surface area contributed by atoms with Gasteiger partial charge in [0, 0.05) is 0 Å². The van der Waals surface area contributed by atoms with Gasteiger partial charge in [-0.05, 0) is 42.2 Å². The van der Waals surface area contributed by atoms with Crippen molar-refractivity contribution in [1.29, 1.82) is 0 Å². The van der Waals surface area contributed by atoms with Gasteiger partial charge < -0.3 is 10.1 Å². The Kier molecular flexibility index (Phi) is 6.79. The van der Waals surface area contributed by atoms with Gasteiger partial charge in [0.15, 0.2) is 0 Å². The Hall–Kier alpha value is -3.14. The number of pyridine rings is 1. The number of hydrogen-bond donors (Lipinski definition) is 1. The normalized spacial score (nSPS) is 11.6. The van der Waals surface area contributed by atoms with Gasteiger partial charge >= 0.3 is 0 Å². The summed E-state index contributed by atoms with van der Waals surface area (Å²) < 4.78 is 5.54. The highest BCUT2D eigenvalue weighted by molar-refractivity contribution is 5.79. The van der Waals surface area contributed by atoms with Crippen molar-refractivity contribution >= 4 is 5.91 Å². The van der Waals surface area contributed by atoms with Crippen LogP contribution in [0.2, 0.25) is 0 Å². The molecular formula is C24H26N2O2. The number of amides is 1. The molecule has 1 heterocycles. The summed E-state index contributed by atoms with van der Waals surface area (Å²) in [6, 6.07) is 22.0. The molecule has 0 aliphatic carbocycles. The number of ether oxygens (including phenoxy) is 1. The predicted molar refractivity (Wildman–Crippen MR) is 112 cm³/mol. The summed E-state index contributed by atoms with van der Waals surface area (Å²) in [5.74, 6) is 0.732. The van der Waals surface area contributed by atoms with Gasteiger partial charge in [-0.3, -0.25) is 9.78 Å². The molecule has 0 saturated heterocycles. The quantitative estimate of drug-likeness (QED) is 0.606. The first-order chi connectivity index (χ1) is 13.7. The van der Waals surface area contributed by atoms with E-state index in [0.29, 0.717) is 13.0 Å². The molecule has 4 heteroatoms. The molecule has 0 fully saturated rings. The summed E-state index contributed by atoms with van der Waals surface area (Å²) >= 11 is 0. The molecule has 28 heavy (non-hydrogen) atoms. The Labute approximate surface area is 166 Å². The van der Waals surface area contributed by atoms with Crippen molar-refractivity contribution in [1.82, 2.24) is 10.3 Å². The number of benzene rings is 2. The van der Waals surface area contributed by atoms with Crippen LogP contribution < -0.4 is 10.1 Å². The van der Waals surface area contributed by atoms with Crippen molar-refractivity contribution in [3.8, 4) is 16.9 Å². The third-order valence-electron chi connectivity index (χ3n) is 4.48. The number of nitrogens with zero attached hydrogens (tertiary/aromatic N) is 1. The maximum absolute atomic E-state index is 12.4. The Morgan fingerprint density at radius 3 is 2.36 bits per heavy atom. The molecule has 0 saturated carbocycles. The van der Waals surface area contributed by atoms with E-state index >= 15 is 0 Å². The molecule has 0 aliphatic heterocycles. The van der Waals surface area contributed by atoms with Crippen LogP contribution in [0.25, 0.3) is 11.1 Å². The second-order valence-corrected chi connectivity index (χ2v) is 6.80. The summed E-state index contributed by atoms with van der Waals surface area (Å²) in [6.45, 7) is 4.68. The molecule has 0 aliphatic rings. The molecule has 4 nitrogen and oxygen atoms in total. The average Bonchev–Trinajstić information content (AvgIpc) is 2.73. The maximum Gasteiger partial charge on any atom is 0.224 e. The van der Waals surface area contributed by atoms with Gasteiger partial charge in [0.25, 0.3) is 0 Å². The van der Waals surface area contributed by atoms with Crippen LogP contribution in [-0.2, 0) is 11.2 Å². The predicted octanol–water partition coefficient (Wildman–Crippen LogP) is 4.96. The number of aromatic nitrogens is 1. The number of nitrogens with one attached hydrogen (secondary N) is 1. The summed E-state index contributed by atoms with van der Waals surface area (Å²) in [4.78, 5) is 16.8. The lowest BCUT2D eigenvalue weighted by molar-refractivity contribution is -0.121. The fourth-order valence-electron chi connectivity index (χ4n) is 2.95. The van der Waals surface area contributed by atoms with Gasteiger partial charge in [-0.2, -0.15) is 0 Å². The van der Waals surface area contributed by atoms with Crippen LogP contribution in [0.4, 0.5) is 0 Å². The van der Waals surface area contributed by atoms with Crippen LogP contribution in [0.3, 0.4) is 0 Å². The van der Waals surface area contributed by atoms with E-state index in [1.165, 1.54) is 5.56 Å². The molecule has 2 aromatic carbocycles. The highest BCUT2D eigenvalue weighted by atomic mass is 16.5. The van der Waals surface area contributed by atoms with E-state index in [0.717, 1.165) is 29.0 Å². The first-order valence-corrected chi connectivity index (χ1v) is 9.68. The van der Waals surface area contributed by atoms with E-state index in [1.807, 2.05) is 49.4 Å². The minimum atomic E-state index is -0.156. The van der Waals surface area contributed by atoms with Crippen LogP contribution in [0.1, 0.15) is 37.6 Å². The van der Waals surface area contributed by atoms with Crippen molar-refractivity contribution in [3.63, 3.8) is 0 Å². The van der Waals surface area contributed by atoms with Gasteiger partial charge in [-0.25, -0.2) is 0 Å². The lowest BCUT2D eigenvalue weighted by Crippen LogP contribution is -2.28. The van der Waals surface area contributed by atoms with Crippen LogP contribution in [0.5, 0.6) is 5.75 Å². The topological polar surface area (TPSA) is 51.2 Å². The van der Waals surface area contributed by atoms with Crippen molar-refractivity contribution in [2.45, 2.75) is 32.7 Å². The zero-order valence-corrected chi connectivity index (χ0v) is 16.4. The molecule has 1 atom stereocenters. The van der Waals surface area contributed by atoms with Crippen LogP contribution in [-0.4, -0.2) is 17.5 Å². The SMILES string of the molecule is CCCOc1ccc([C@@H](C)NC(=O)Cc2ccc(-c3ccccc3)cc2)nc1. The highest BCUT2D eigenvalue weighted by Crippen LogP contribution is 2.20. The van der Waals surface area contributed by atoms with Gasteiger partial charge in [0.05, 0.1) is 31.0 Å². The Balaban J connectivity index is 1.54. The number of rotatable bonds is 8. The monoisotopic (exact) mass is 374 g/mol. The fraction of sp³-hybridized carbons (Fsp3) is 0.250. The summed E-state index contributed by atoms with van der Waals surface area (Å²) in [6.07, 6.45) is 3.01. The molecule has 0 bridgehead atoms. The van der Waals surface area contributed by atoms with Crippen molar-refractivity contribution in [3.05, 3.63) is 84.2 Å². The standard InChI is InChI=1S/C24H26N2O2/c1-3-15-28-22-13-14-23(25-17-22)18(2)26-24(27)16-19-9-11-21(12-10-19)20-7-5-4-6-8-20/h4-14,17-18H,3,15-16H2,1-2H3,(H,26,27)/t18-/m1/s1. The third-order valence-corrected chi connectivity index (χ3v) is 4.48. The van der Waals surface area contributed by atoms with E-state index in [-0.39, 0.29) is 11.9 Å². The number of hydrogen-bond acceptors (Lipinski definition) is 3. The molecule has 0 unspecified atom stereocenters. The van der Waals surface area contributed by atoms with Gasteiger partial charge in [0.1, 0.15) is 5.75 Å². The van der Waals surface area contributed by atoms with Crippen molar-refractivity contribution in [2.75, 3.05) is 6.61 Å². The number of carbonyl (C=O) groups is 1. The molecule has 3 rings (SSSR count). The molecule has 144 valence electrons. The molecule has 1 N–H and O–H groups in total. The third kappa shape index (κ3) is 5.43. The Morgan fingerprint density at radius 2 is 1.71 bits per heavy atom. The lowest BCUT2D eigenvalue weighted by Gasteiger charge is -2.14. The highest BCUT2D eigenvalue weighted by Gasteiger charge is 2.12. The van der Waals surface area contributed by atoms with Crippen molar-refractivity contribution < 1.29 is 9.53 Å². The second kappa shape index (κ2) is 9.70. The molecule has 0 spiro atoms.